The molecule has 0 unspecified atom stereocenters. The zero-order chi connectivity index (χ0) is 16.2. The number of carbonyl (C=O) groups excluding carboxylic acids is 1. The minimum Gasteiger partial charge on any atom is -0.372 e. The Balaban J connectivity index is 1.54. The van der Waals surface area contributed by atoms with Crippen molar-refractivity contribution < 1.29 is 9.53 Å². The molecule has 1 fully saturated rings. The fourth-order valence-electron chi connectivity index (χ4n) is 3.69. The number of amides is 1. The molecule has 2 aliphatic rings. The summed E-state index contributed by atoms with van der Waals surface area (Å²) in [6.07, 6.45) is 8.18. The van der Waals surface area contributed by atoms with Gasteiger partial charge in [-0.1, -0.05) is 12.8 Å². The van der Waals surface area contributed by atoms with E-state index in [9.17, 15) is 4.79 Å². The van der Waals surface area contributed by atoms with Crippen molar-refractivity contribution in [3.8, 4) is 0 Å². The molecule has 1 atom stereocenters. The lowest BCUT2D eigenvalue weighted by Gasteiger charge is -2.37. The fraction of sp³-hybridized carbons (Fsp3) is 0.765. The number of fused-ring (bicyclic) bond motifs is 1. The topological polar surface area (TPSA) is 50.6 Å². The summed E-state index contributed by atoms with van der Waals surface area (Å²) in [4.78, 5) is 15.7. The summed E-state index contributed by atoms with van der Waals surface area (Å²) >= 11 is 0. The van der Waals surface area contributed by atoms with Crippen molar-refractivity contribution in [1.82, 2.24) is 19.6 Å². The van der Waals surface area contributed by atoms with Crippen molar-refractivity contribution in [1.29, 1.82) is 0 Å². The molecule has 1 aromatic heterocycles. The summed E-state index contributed by atoms with van der Waals surface area (Å²) in [5.41, 5.74) is 1.30. The number of nitrogens with zero attached hydrogens (tertiary/aromatic N) is 4. The first-order valence-electron chi connectivity index (χ1n) is 8.69. The number of hydrogen-bond donors (Lipinski definition) is 0. The predicted octanol–water partition coefficient (Wildman–Crippen LogP) is 1.68. The molecule has 3 rings (SSSR count). The highest BCUT2D eigenvalue weighted by Crippen LogP contribution is 2.30. The van der Waals surface area contributed by atoms with Crippen molar-refractivity contribution >= 4 is 5.91 Å². The Morgan fingerprint density at radius 3 is 2.91 bits per heavy atom. The maximum absolute atomic E-state index is 11.6. The Morgan fingerprint density at radius 2 is 2.17 bits per heavy atom. The smallest absolute Gasteiger partial charge is 0.248 e. The van der Waals surface area contributed by atoms with Crippen LogP contribution >= 0.6 is 0 Å². The van der Waals surface area contributed by atoms with Gasteiger partial charge in [0.15, 0.2) is 0 Å². The maximum atomic E-state index is 11.6. The Morgan fingerprint density at radius 1 is 1.39 bits per heavy atom. The molecular weight excluding hydrogens is 292 g/mol. The van der Waals surface area contributed by atoms with Crippen molar-refractivity contribution in [3.63, 3.8) is 0 Å². The first-order chi connectivity index (χ1) is 11.1. The van der Waals surface area contributed by atoms with E-state index < -0.39 is 0 Å². The van der Waals surface area contributed by atoms with Gasteiger partial charge in [0.1, 0.15) is 6.61 Å². The predicted molar refractivity (Wildman–Crippen MR) is 88.1 cm³/mol. The van der Waals surface area contributed by atoms with E-state index in [1.165, 1.54) is 31.4 Å². The van der Waals surface area contributed by atoms with E-state index in [1.54, 1.807) is 19.0 Å². The Hall–Kier alpha value is -1.40. The zero-order valence-corrected chi connectivity index (χ0v) is 14.3. The normalized spacial score (nSPS) is 22.3. The average Bonchev–Trinajstić information content (AvgIpc) is 3.21. The van der Waals surface area contributed by atoms with Crippen LogP contribution in [-0.4, -0.2) is 65.4 Å². The molecule has 128 valence electrons. The monoisotopic (exact) mass is 320 g/mol. The van der Waals surface area contributed by atoms with Crippen LogP contribution < -0.4 is 0 Å². The van der Waals surface area contributed by atoms with E-state index >= 15 is 0 Å². The van der Waals surface area contributed by atoms with Crippen molar-refractivity contribution in [2.75, 3.05) is 33.9 Å². The largest absolute Gasteiger partial charge is 0.372 e. The first kappa shape index (κ1) is 16.5. The molecule has 1 aliphatic heterocycles. The minimum absolute atomic E-state index is 0.0148. The highest BCUT2D eigenvalue weighted by molar-refractivity contribution is 5.76. The standard InChI is InChI=1S/C17H28N4O2/c1-19(2)17(22)13-23-10-8-16-12-20(14-5-3-4-6-14)11-15-7-9-18-21(15)16/h7,9,14,16H,3-6,8,10-13H2,1-2H3/t16-/m0/s1. The molecule has 0 spiro atoms. The van der Waals surface area contributed by atoms with Crippen LogP contribution in [0.1, 0.15) is 43.8 Å². The van der Waals surface area contributed by atoms with Gasteiger partial charge in [-0.3, -0.25) is 14.4 Å². The molecule has 0 N–H and O–H groups in total. The van der Waals surface area contributed by atoms with Crippen LogP contribution in [0.15, 0.2) is 12.3 Å². The summed E-state index contributed by atoms with van der Waals surface area (Å²) in [7, 11) is 3.50. The molecule has 0 aromatic carbocycles. The summed E-state index contributed by atoms with van der Waals surface area (Å²) in [6.45, 7) is 2.82. The highest BCUT2D eigenvalue weighted by atomic mass is 16.5. The van der Waals surface area contributed by atoms with E-state index in [4.69, 9.17) is 4.74 Å². The molecule has 6 nitrogen and oxygen atoms in total. The van der Waals surface area contributed by atoms with E-state index in [0.29, 0.717) is 12.6 Å². The lowest BCUT2D eigenvalue weighted by atomic mass is 10.1. The van der Waals surface area contributed by atoms with Crippen LogP contribution in [0.5, 0.6) is 0 Å². The molecule has 1 saturated carbocycles. The molecule has 1 aliphatic carbocycles. The second-order valence-corrected chi connectivity index (χ2v) is 6.92. The van der Waals surface area contributed by atoms with Crippen molar-refractivity contribution in [2.45, 2.75) is 50.7 Å². The molecule has 0 radical (unpaired) electrons. The second-order valence-electron chi connectivity index (χ2n) is 6.92. The Bertz CT molecular complexity index is 522. The second kappa shape index (κ2) is 7.45. The van der Waals surface area contributed by atoms with E-state index in [-0.39, 0.29) is 12.5 Å². The van der Waals surface area contributed by atoms with Crippen molar-refractivity contribution in [2.24, 2.45) is 0 Å². The lowest BCUT2D eigenvalue weighted by molar-refractivity contribution is -0.133. The molecule has 1 aromatic rings. The number of rotatable bonds is 6. The van der Waals surface area contributed by atoms with Gasteiger partial charge >= 0.3 is 0 Å². The van der Waals surface area contributed by atoms with E-state index in [0.717, 1.165) is 25.6 Å². The van der Waals surface area contributed by atoms with Crippen LogP contribution in [0.3, 0.4) is 0 Å². The highest BCUT2D eigenvalue weighted by Gasteiger charge is 2.31. The maximum Gasteiger partial charge on any atom is 0.248 e. The van der Waals surface area contributed by atoms with E-state index in [2.05, 4.69) is 20.7 Å². The van der Waals surface area contributed by atoms with Gasteiger partial charge in [0, 0.05) is 46.0 Å². The number of likely N-dealkylation sites (N-methyl/N-ethyl adjacent to an activating group) is 1. The quantitative estimate of drug-likeness (QED) is 0.748. The van der Waals surface area contributed by atoms with Gasteiger partial charge in [-0.15, -0.1) is 0 Å². The van der Waals surface area contributed by atoms with Crippen LogP contribution in [0, 0.1) is 0 Å². The lowest BCUT2D eigenvalue weighted by Crippen LogP contribution is -2.43. The molecule has 2 heterocycles. The van der Waals surface area contributed by atoms with Gasteiger partial charge in [-0.2, -0.15) is 5.10 Å². The Labute approximate surface area is 138 Å². The van der Waals surface area contributed by atoms with Crippen LogP contribution in [0.25, 0.3) is 0 Å². The molecule has 1 amide bonds. The van der Waals surface area contributed by atoms with Crippen LogP contribution in [-0.2, 0) is 16.1 Å². The molecule has 0 bridgehead atoms. The summed E-state index contributed by atoms with van der Waals surface area (Å²) in [5, 5.41) is 4.50. The molecule has 6 heteroatoms. The fourth-order valence-corrected chi connectivity index (χ4v) is 3.69. The van der Waals surface area contributed by atoms with Gasteiger partial charge in [-0.05, 0) is 25.3 Å². The number of hydrogen-bond acceptors (Lipinski definition) is 4. The minimum atomic E-state index is 0.0148. The molecule has 0 saturated heterocycles. The van der Waals surface area contributed by atoms with Gasteiger partial charge in [0.05, 0.1) is 11.7 Å². The third-order valence-electron chi connectivity index (χ3n) is 5.07. The number of aromatic nitrogens is 2. The van der Waals surface area contributed by atoms with Gasteiger partial charge in [0.2, 0.25) is 5.91 Å². The number of ether oxygens (including phenoxy) is 1. The molecular formula is C17H28N4O2. The van der Waals surface area contributed by atoms with Crippen LogP contribution in [0.4, 0.5) is 0 Å². The van der Waals surface area contributed by atoms with Gasteiger partial charge in [0.25, 0.3) is 0 Å². The third kappa shape index (κ3) is 3.93. The van der Waals surface area contributed by atoms with E-state index in [1.807, 2.05) is 6.20 Å². The summed E-state index contributed by atoms with van der Waals surface area (Å²) in [5.74, 6) is 0.0148. The zero-order valence-electron chi connectivity index (χ0n) is 14.3. The number of carbonyl (C=O) groups is 1. The molecule has 23 heavy (non-hydrogen) atoms. The van der Waals surface area contributed by atoms with Crippen LogP contribution in [0.2, 0.25) is 0 Å². The van der Waals surface area contributed by atoms with Gasteiger partial charge < -0.3 is 9.64 Å². The van der Waals surface area contributed by atoms with Crippen molar-refractivity contribution in [3.05, 3.63) is 18.0 Å². The summed E-state index contributed by atoms with van der Waals surface area (Å²) in [6, 6.07) is 3.21. The summed E-state index contributed by atoms with van der Waals surface area (Å²) < 4.78 is 7.72. The Kier molecular flexibility index (Phi) is 5.33. The average molecular weight is 320 g/mol. The third-order valence-corrected chi connectivity index (χ3v) is 5.07. The SMILES string of the molecule is CN(C)C(=O)COCC[C@H]1CN(C2CCCC2)Cc2ccnn21. The first-order valence-corrected chi connectivity index (χ1v) is 8.69. The van der Waals surface area contributed by atoms with Gasteiger partial charge in [-0.25, -0.2) is 0 Å².